The Labute approximate surface area is 97.2 Å². The fourth-order valence-corrected chi connectivity index (χ4v) is 2.10. The first kappa shape index (κ1) is 11.3. The molecule has 1 aliphatic rings. The number of nitrogens with zero attached hydrogens (tertiary/aromatic N) is 1. The minimum absolute atomic E-state index is 0.563. The molecule has 1 heterocycles. The standard InChI is InChI=1S/C13H20N2O/c14-7-10-16-13-6-4-5-12(11-13)15-8-2-1-3-9-15/h4-6,11H,1-3,7-10,14H2. The highest BCUT2D eigenvalue weighted by molar-refractivity contribution is 5.50. The first-order valence-corrected chi connectivity index (χ1v) is 6.08. The highest BCUT2D eigenvalue weighted by Crippen LogP contribution is 2.23. The number of nitrogens with two attached hydrogens (primary N) is 1. The van der Waals surface area contributed by atoms with Crippen molar-refractivity contribution in [2.45, 2.75) is 19.3 Å². The molecule has 16 heavy (non-hydrogen) atoms. The van der Waals surface area contributed by atoms with Gasteiger partial charge < -0.3 is 15.4 Å². The Morgan fingerprint density at radius 1 is 1.19 bits per heavy atom. The highest BCUT2D eigenvalue weighted by Gasteiger charge is 2.10. The summed E-state index contributed by atoms with van der Waals surface area (Å²) in [6, 6.07) is 8.31. The number of rotatable bonds is 4. The number of piperidine rings is 1. The van der Waals surface area contributed by atoms with Crippen LogP contribution in [0.2, 0.25) is 0 Å². The second-order valence-electron chi connectivity index (χ2n) is 4.18. The van der Waals surface area contributed by atoms with Gasteiger partial charge in [-0.3, -0.25) is 0 Å². The van der Waals surface area contributed by atoms with Gasteiger partial charge in [-0.25, -0.2) is 0 Å². The van der Waals surface area contributed by atoms with Crippen molar-refractivity contribution < 1.29 is 4.74 Å². The molecule has 1 aromatic carbocycles. The van der Waals surface area contributed by atoms with E-state index in [0.717, 1.165) is 5.75 Å². The molecule has 0 bridgehead atoms. The van der Waals surface area contributed by atoms with Gasteiger partial charge in [0.2, 0.25) is 0 Å². The summed E-state index contributed by atoms with van der Waals surface area (Å²) in [6.07, 6.45) is 3.96. The molecule has 1 fully saturated rings. The van der Waals surface area contributed by atoms with E-state index in [0.29, 0.717) is 13.2 Å². The SMILES string of the molecule is NCCOc1cccc(N2CCCCC2)c1. The molecule has 2 N–H and O–H groups in total. The van der Waals surface area contributed by atoms with Gasteiger partial charge in [0.25, 0.3) is 0 Å². The number of hydrogen-bond acceptors (Lipinski definition) is 3. The third kappa shape index (κ3) is 2.89. The summed E-state index contributed by atoms with van der Waals surface area (Å²) in [6.45, 7) is 3.48. The third-order valence-electron chi connectivity index (χ3n) is 2.93. The van der Waals surface area contributed by atoms with Crippen molar-refractivity contribution in [3.63, 3.8) is 0 Å². The van der Waals surface area contributed by atoms with Crippen LogP contribution >= 0.6 is 0 Å². The molecule has 3 heteroatoms. The lowest BCUT2D eigenvalue weighted by Crippen LogP contribution is -2.29. The molecule has 1 saturated heterocycles. The summed E-state index contributed by atoms with van der Waals surface area (Å²) >= 11 is 0. The molecule has 0 aromatic heterocycles. The quantitative estimate of drug-likeness (QED) is 0.843. The van der Waals surface area contributed by atoms with E-state index >= 15 is 0 Å². The fourth-order valence-electron chi connectivity index (χ4n) is 2.10. The molecule has 0 atom stereocenters. The van der Waals surface area contributed by atoms with Crippen LogP contribution in [0.5, 0.6) is 5.75 Å². The largest absolute Gasteiger partial charge is 0.492 e. The monoisotopic (exact) mass is 220 g/mol. The maximum atomic E-state index is 5.53. The number of hydrogen-bond donors (Lipinski definition) is 1. The van der Waals surface area contributed by atoms with E-state index in [4.69, 9.17) is 10.5 Å². The van der Waals surface area contributed by atoms with Crippen LogP contribution in [0.25, 0.3) is 0 Å². The van der Waals surface area contributed by atoms with E-state index in [1.807, 2.05) is 6.07 Å². The van der Waals surface area contributed by atoms with Crippen LogP contribution in [0.1, 0.15) is 19.3 Å². The molecule has 0 spiro atoms. The Balaban J connectivity index is 2.02. The van der Waals surface area contributed by atoms with Crippen LogP contribution in [-0.4, -0.2) is 26.2 Å². The summed E-state index contributed by atoms with van der Waals surface area (Å²) in [5, 5.41) is 0. The van der Waals surface area contributed by atoms with E-state index in [1.165, 1.54) is 38.0 Å². The average molecular weight is 220 g/mol. The topological polar surface area (TPSA) is 38.5 Å². The van der Waals surface area contributed by atoms with Crippen molar-refractivity contribution in [1.82, 2.24) is 0 Å². The summed E-state index contributed by atoms with van der Waals surface area (Å²) in [5.74, 6) is 0.925. The molecule has 3 nitrogen and oxygen atoms in total. The zero-order chi connectivity index (χ0) is 11.2. The maximum absolute atomic E-state index is 5.53. The Kier molecular flexibility index (Phi) is 4.05. The van der Waals surface area contributed by atoms with Crippen molar-refractivity contribution in [3.8, 4) is 5.75 Å². The normalized spacial score (nSPS) is 16.2. The lowest BCUT2D eigenvalue weighted by atomic mass is 10.1. The van der Waals surface area contributed by atoms with E-state index < -0.39 is 0 Å². The summed E-state index contributed by atoms with van der Waals surface area (Å²) in [4.78, 5) is 2.43. The average Bonchev–Trinajstić information content (AvgIpc) is 2.38. The Morgan fingerprint density at radius 3 is 2.75 bits per heavy atom. The molecule has 88 valence electrons. The van der Waals surface area contributed by atoms with Gasteiger partial charge in [0, 0.05) is 31.4 Å². The zero-order valence-corrected chi connectivity index (χ0v) is 9.69. The van der Waals surface area contributed by atoms with Gasteiger partial charge >= 0.3 is 0 Å². The smallest absolute Gasteiger partial charge is 0.121 e. The molecule has 1 aliphatic heterocycles. The molecule has 2 rings (SSSR count). The van der Waals surface area contributed by atoms with Gasteiger partial charge in [0.1, 0.15) is 12.4 Å². The molecular weight excluding hydrogens is 200 g/mol. The second-order valence-corrected chi connectivity index (χ2v) is 4.18. The van der Waals surface area contributed by atoms with Crippen molar-refractivity contribution in [2.75, 3.05) is 31.1 Å². The lowest BCUT2D eigenvalue weighted by Gasteiger charge is -2.29. The molecule has 1 aromatic rings. The third-order valence-corrected chi connectivity index (χ3v) is 2.93. The van der Waals surface area contributed by atoms with Crippen molar-refractivity contribution in [2.24, 2.45) is 5.73 Å². The van der Waals surface area contributed by atoms with Crippen LogP contribution in [0.15, 0.2) is 24.3 Å². The zero-order valence-electron chi connectivity index (χ0n) is 9.69. The molecule has 0 amide bonds. The summed E-state index contributed by atoms with van der Waals surface area (Å²) in [7, 11) is 0. The van der Waals surface area contributed by atoms with Crippen molar-refractivity contribution >= 4 is 5.69 Å². The Hall–Kier alpha value is -1.22. The van der Waals surface area contributed by atoms with Crippen LogP contribution in [0.3, 0.4) is 0 Å². The van der Waals surface area contributed by atoms with Gasteiger partial charge in [-0.15, -0.1) is 0 Å². The van der Waals surface area contributed by atoms with E-state index in [-0.39, 0.29) is 0 Å². The Bertz CT molecular complexity index is 321. The van der Waals surface area contributed by atoms with Gasteiger partial charge in [-0.05, 0) is 31.4 Å². The Morgan fingerprint density at radius 2 is 2.00 bits per heavy atom. The summed E-state index contributed by atoms with van der Waals surface area (Å²) in [5.41, 5.74) is 6.69. The number of ether oxygens (including phenoxy) is 1. The molecule has 0 radical (unpaired) electrons. The summed E-state index contributed by atoms with van der Waals surface area (Å²) < 4.78 is 5.53. The second kappa shape index (κ2) is 5.75. The van der Waals surface area contributed by atoms with E-state index in [1.54, 1.807) is 0 Å². The first-order valence-electron chi connectivity index (χ1n) is 6.08. The van der Waals surface area contributed by atoms with Gasteiger partial charge in [-0.1, -0.05) is 6.07 Å². The highest BCUT2D eigenvalue weighted by atomic mass is 16.5. The lowest BCUT2D eigenvalue weighted by molar-refractivity contribution is 0.328. The van der Waals surface area contributed by atoms with Crippen molar-refractivity contribution in [3.05, 3.63) is 24.3 Å². The molecule has 0 aliphatic carbocycles. The van der Waals surface area contributed by atoms with E-state index in [9.17, 15) is 0 Å². The predicted octanol–water partition coefficient (Wildman–Crippen LogP) is 2.01. The van der Waals surface area contributed by atoms with Gasteiger partial charge in [0.15, 0.2) is 0 Å². The van der Waals surface area contributed by atoms with Gasteiger partial charge in [0.05, 0.1) is 0 Å². The van der Waals surface area contributed by atoms with Crippen LogP contribution < -0.4 is 15.4 Å². The fraction of sp³-hybridized carbons (Fsp3) is 0.538. The minimum atomic E-state index is 0.563. The maximum Gasteiger partial charge on any atom is 0.121 e. The number of benzene rings is 1. The number of anilines is 1. The van der Waals surface area contributed by atoms with Crippen molar-refractivity contribution in [1.29, 1.82) is 0 Å². The van der Waals surface area contributed by atoms with Gasteiger partial charge in [-0.2, -0.15) is 0 Å². The molecular formula is C13H20N2O. The van der Waals surface area contributed by atoms with E-state index in [2.05, 4.69) is 23.1 Å². The molecule has 0 saturated carbocycles. The van der Waals surface area contributed by atoms with Crippen LogP contribution in [0, 0.1) is 0 Å². The molecule has 0 unspecified atom stereocenters. The first-order chi connectivity index (χ1) is 7.90. The predicted molar refractivity (Wildman–Crippen MR) is 67.1 cm³/mol. The van der Waals surface area contributed by atoms with Crippen LogP contribution in [-0.2, 0) is 0 Å². The van der Waals surface area contributed by atoms with Crippen LogP contribution in [0.4, 0.5) is 5.69 Å². The minimum Gasteiger partial charge on any atom is -0.492 e.